The number of hydrogen-bond donors (Lipinski definition) is 2. The van der Waals surface area contributed by atoms with E-state index in [9.17, 15) is 27.2 Å². The first kappa shape index (κ1) is 11.2. The van der Waals surface area contributed by atoms with E-state index < -0.39 is 41.7 Å². The maximum Gasteiger partial charge on any atom is 0.322 e. The Morgan fingerprint density at radius 2 is 1.81 bits per heavy atom. The van der Waals surface area contributed by atoms with Crippen LogP contribution in [0.25, 0.3) is 0 Å². The largest absolute Gasteiger partial charge is 0.325 e. The molecule has 1 saturated carbocycles. The van der Waals surface area contributed by atoms with Crippen LogP contribution >= 0.6 is 0 Å². The molecule has 2 unspecified atom stereocenters. The van der Waals surface area contributed by atoms with Gasteiger partial charge >= 0.3 is 17.9 Å². The van der Waals surface area contributed by atoms with Crippen LogP contribution in [-0.2, 0) is 4.79 Å². The van der Waals surface area contributed by atoms with Gasteiger partial charge in [0, 0.05) is 6.42 Å². The second kappa shape index (κ2) is 2.67. The summed E-state index contributed by atoms with van der Waals surface area (Å²) in [6.07, 6.45) is -1.13. The van der Waals surface area contributed by atoms with Crippen LogP contribution < -0.4 is 10.6 Å². The van der Waals surface area contributed by atoms with Crippen molar-refractivity contribution in [2.24, 2.45) is 5.41 Å². The third kappa shape index (κ3) is 1.04. The first-order valence-electron chi connectivity index (χ1n) is 4.49. The van der Waals surface area contributed by atoms with Crippen molar-refractivity contribution in [2.45, 2.75) is 31.2 Å². The van der Waals surface area contributed by atoms with Gasteiger partial charge in [0.2, 0.25) is 0 Å². The van der Waals surface area contributed by atoms with E-state index in [1.807, 2.05) is 5.32 Å². The summed E-state index contributed by atoms with van der Waals surface area (Å²) in [5.74, 6) is -9.43. The van der Waals surface area contributed by atoms with Crippen molar-refractivity contribution in [3.8, 4) is 0 Å². The number of hydrogen-bond acceptors (Lipinski definition) is 2. The van der Waals surface area contributed by atoms with Gasteiger partial charge in [-0.25, -0.2) is 4.79 Å². The smallest absolute Gasteiger partial charge is 0.322 e. The van der Waals surface area contributed by atoms with E-state index in [-0.39, 0.29) is 0 Å². The Bertz CT molecular complexity index is 384. The van der Waals surface area contributed by atoms with Crippen LogP contribution in [0, 0.1) is 5.41 Å². The van der Waals surface area contributed by atoms with Gasteiger partial charge in [0.15, 0.2) is 0 Å². The standard InChI is InChI=1S/C8H8F4N2O2/c1-6(2-7(9,10)8(6,11)12)3-4(15)14-5(16)13-3/h3H,2H2,1H3,(H2,13,14,15,16). The van der Waals surface area contributed by atoms with Crippen LogP contribution in [0.2, 0.25) is 0 Å². The van der Waals surface area contributed by atoms with Gasteiger partial charge in [0.1, 0.15) is 6.04 Å². The maximum atomic E-state index is 13.2. The Morgan fingerprint density at radius 1 is 1.25 bits per heavy atom. The van der Waals surface area contributed by atoms with Crippen molar-refractivity contribution < 1.29 is 27.2 Å². The highest BCUT2D eigenvalue weighted by Crippen LogP contribution is 2.64. The maximum absolute atomic E-state index is 13.2. The molecule has 1 aliphatic heterocycles. The quantitative estimate of drug-likeness (QED) is 0.528. The average molecular weight is 240 g/mol. The van der Waals surface area contributed by atoms with Crippen molar-refractivity contribution in [3.05, 3.63) is 0 Å². The molecule has 0 bridgehead atoms. The second-order valence-corrected chi connectivity index (χ2v) is 4.27. The zero-order valence-corrected chi connectivity index (χ0v) is 8.11. The molecule has 3 amide bonds. The van der Waals surface area contributed by atoms with Crippen molar-refractivity contribution in [1.82, 2.24) is 10.6 Å². The minimum Gasteiger partial charge on any atom is -0.325 e. The van der Waals surface area contributed by atoms with Crippen LogP contribution in [0.3, 0.4) is 0 Å². The van der Waals surface area contributed by atoms with E-state index in [2.05, 4.69) is 0 Å². The lowest BCUT2D eigenvalue weighted by Gasteiger charge is -2.53. The summed E-state index contributed by atoms with van der Waals surface area (Å²) < 4.78 is 51.9. The number of amides is 3. The molecule has 1 heterocycles. The minimum atomic E-state index is -4.31. The van der Waals surface area contributed by atoms with E-state index >= 15 is 0 Å². The van der Waals surface area contributed by atoms with Gasteiger partial charge in [-0.3, -0.25) is 10.1 Å². The third-order valence-corrected chi connectivity index (χ3v) is 3.18. The van der Waals surface area contributed by atoms with E-state index in [1.165, 1.54) is 0 Å². The number of carbonyl (C=O) groups excluding carboxylic acids is 2. The van der Waals surface area contributed by atoms with Gasteiger partial charge in [-0.2, -0.15) is 17.6 Å². The van der Waals surface area contributed by atoms with Gasteiger partial charge in [0.25, 0.3) is 5.91 Å². The average Bonchev–Trinajstić information content (AvgIpc) is 2.44. The first-order chi connectivity index (χ1) is 7.12. The Labute approximate surface area is 87.4 Å². The molecule has 0 aromatic carbocycles. The van der Waals surface area contributed by atoms with Gasteiger partial charge in [-0.1, -0.05) is 6.92 Å². The molecule has 8 heteroatoms. The Kier molecular flexibility index (Phi) is 1.86. The van der Waals surface area contributed by atoms with E-state index in [4.69, 9.17) is 0 Å². The first-order valence-corrected chi connectivity index (χ1v) is 4.49. The molecule has 4 nitrogen and oxygen atoms in total. The molecule has 16 heavy (non-hydrogen) atoms. The van der Waals surface area contributed by atoms with Gasteiger partial charge in [0.05, 0.1) is 5.41 Å². The molecule has 2 rings (SSSR count). The second-order valence-electron chi connectivity index (χ2n) is 4.27. The van der Waals surface area contributed by atoms with Crippen LogP contribution in [0.4, 0.5) is 22.4 Å². The SMILES string of the molecule is CC1(C2NC(=O)NC2=O)CC(F)(F)C1(F)F. The van der Waals surface area contributed by atoms with Crippen LogP contribution in [-0.4, -0.2) is 29.8 Å². The molecule has 2 aliphatic rings. The molecular formula is C8H8F4N2O2. The third-order valence-electron chi connectivity index (χ3n) is 3.18. The highest BCUT2D eigenvalue weighted by Gasteiger charge is 2.81. The fourth-order valence-electron chi connectivity index (χ4n) is 2.14. The number of alkyl halides is 4. The zero-order valence-electron chi connectivity index (χ0n) is 8.11. The summed E-state index contributed by atoms with van der Waals surface area (Å²) in [4.78, 5) is 21.9. The van der Waals surface area contributed by atoms with Crippen molar-refractivity contribution in [2.75, 3.05) is 0 Å². The predicted octanol–water partition coefficient (Wildman–Crippen LogP) is 0.875. The normalized spacial score (nSPS) is 39.9. The highest BCUT2D eigenvalue weighted by atomic mass is 19.3. The molecular weight excluding hydrogens is 232 g/mol. The monoisotopic (exact) mass is 240 g/mol. The molecule has 2 N–H and O–H groups in total. The predicted molar refractivity (Wildman–Crippen MR) is 43.1 cm³/mol. The molecule has 2 fully saturated rings. The molecule has 90 valence electrons. The van der Waals surface area contributed by atoms with Crippen LogP contribution in [0.5, 0.6) is 0 Å². The van der Waals surface area contributed by atoms with Crippen LogP contribution in [0.1, 0.15) is 13.3 Å². The topological polar surface area (TPSA) is 58.2 Å². The Balaban J connectivity index is 2.30. The molecule has 0 aromatic heterocycles. The number of carbonyl (C=O) groups is 2. The molecule has 2 atom stereocenters. The lowest BCUT2D eigenvalue weighted by Crippen LogP contribution is -2.72. The zero-order chi connectivity index (χ0) is 12.4. The molecule has 1 saturated heterocycles. The Hall–Kier alpha value is -1.34. The number of nitrogens with one attached hydrogen (secondary N) is 2. The van der Waals surface area contributed by atoms with Crippen molar-refractivity contribution >= 4 is 11.9 Å². The van der Waals surface area contributed by atoms with Crippen LogP contribution in [0.15, 0.2) is 0 Å². The summed E-state index contributed by atoms with van der Waals surface area (Å²) >= 11 is 0. The number of imide groups is 1. The lowest BCUT2D eigenvalue weighted by molar-refractivity contribution is -0.355. The fourth-order valence-corrected chi connectivity index (χ4v) is 2.14. The summed E-state index contributed by atoms with van der Waals surface area (Å²) in [6, 6.07) is -2.56. The van der Waals surface area contributed by atoms with E-state index in [0.717, 1.165) is 6.92 Å². The van der Waals surface area contributed by atoms with Crippen molar-refractivity contribution in [1.29, 1.82) is 0 Å². The van der Waals surface area contributed by atoms with Gasteiger partial charge in [-0.05, 0) is 0 Å². The summed E-state index contributed by atoms with van der Waals surface area (Å²) in [6.45, 7) is 0.861. The summed E-state index contributed by atoms with van der Waals surface area (Å²) in [7, 11) is 0. The molecule has 0 spiro atoms. The van der Waals surface area contributed by atoms with Crippen molar-refractivity contribution in [3.63, 3.8) is 0 Å². The van der Waals surface area contributed by atoms with E-state index in [1.54, 1.807) is 5.32 Å². The minimum absolute atomic E-state index is 0.861. The highest BCUT2D eigenvalue weighted by molar-refractivity contribution is 6.04. The Morgan fingerprint density at radius 3 is 2.12 bits per heavy atom. The van der Waals surface area contributed by atoms with E-state index in [0.29, 0.717) is 0 Å². The summed E-state index contributed by atoms with van der Waals surface area (Å²) in [5, 5.41) is 3.67. The number of urea groups is 1. The molecule has 1 aliphatic carbocycles. The fraction of sp³-hybridized carbons (Fsp3) is 0.750. The molecule has 0 aromatic rings. The lowest BCUT2D eigenvalue weighted by atomic mass is 9.59. The number of rotatable bonds is 1. The number of halogens is 4. The summed E-state index contributed by atoms with van der Waals surface area (Å²) in [5.41, 5.74) is -2.24. The molecule has 0 radical (unpaired) electrons. The van der Waals surface area contributed by atoms with Gasteiger partial charge in [-0.15, -0.1) is 0 Å². The van der Waals surface area contributed by atoms with Gasteiger partial charge < -0.3 is 5.32 Å².